The number of hydrogen-bond acceptors (Lipinski definition) is 9. The first-order valence-corrected chi connectivity index (χ1v) is 14.5. The van der Waals surface area contributed by atoms with E-state index in [4.69, 9.17) is 0 Å². The average molecular weight is 604 g/mol. The standard InChI is InChI=1S/C33H33BN6O5/c41-32(19-27(34(44)45)17-25-6-5-7-26(16-25)33(42)43)18-24-10-12-31(13-11-24)40-23-30(37-38-40)22-39(20-28-8-1-3-14-35-28)21-29-9-2-4-15-36-29/h1-16,23,27,44-45H,17-22H2,(H,42,43)/t27-/m1/s1. The first-order valence-electron chi connectivity index (χ1n) is 14.5. The molecular formula is C33H33BN6O5. The summed E-state index contributed by atoms with van der Waals surface area (Å²) in [5, 5.41) is 37.7. The highest BCUT2D eigenvalue weighted by molar-refractivity contribution is 6.43. The fourth-order valence-electron chi connectivity index (χ4n) is 5.11. The van der Waals surface area contributed by atoms with Gasteiger partial charge in [-0.1, -0.05) is 41.6 Å². The lowest BCUT2D eigenvalue weighted by Gasteiger charge is -2.20. The van der Waals surface area contributed by atoms with Crippen LogP contribution in [-0.2, 0) is 37.3 Å². The zero-order valence-corrected chi connectivity index (χ0v) is 24.6. The van der Waals surface area contributed by atoms with E-state index < -0.39 is 18.9 Å². The minimum atomic E-state index is -1.71. The predicted octanol–water partition coefficient (Wildman–Crippen LogP) is 3.55. The van der Waals surface area contributed by atoms with E-state index in [2.05, 4.69) is 25.2 Å². The van der Waals surface area contributed by atoms with Crippen molar-refractivity contribution in [2.75, 3.05) is 0 Å². The summed E-state index contributed by atoms with van der Waals surface area (Å²) in [6.45, 7) is 1.78. The fraction of sp³-hybridized carbons (Fsp3) is 0.212. The molecule has 0 aliphatic heterocycles. The van der Waals surface area contributed by atoms with Gasteiger partial charge < -0.3 is 15.2 Å². The lowest BCUT2D eigenvalue weighted by atomic mass is 9.67. The fourth-order valence-corrected chi connectivity index (χ4v) is 5.11. The minimum absolute atomic E-state index is 0.0589. The van der Waals surface area contributed by atoms with Crippen LogP contribution >= 0.6 is 0 Å². The zero-order chi connectivity index (χ0) is 31.6. The normalized spacial score (nSPS) is 11.8. The van der Waals surface area contributed by atoms with Crippen molar-refractivity contribution in [1.29, 1.82) is 0 Å². The van der Waals surface area contributed by atoms with Gasteiger partial charge in [-0.25, -0.2) is 9.48 Å². The van der Waals surface area contributed by atoms with Crippen LogP contribution in [0.4, 0.5) is 0 Å². The summed E-state index contributed by atoms with van der Waals surface area (Å²) in [7, 11) is -1.71. The summed E-state index contributed by atoms with van der Waals surface area (Å²) in [6.07, 6.45) is 5.65. The second-order valence-electron chi connectivity index (χ2n) is 10.9. The quantitative estimate of drug-likeness (QED) is 0.151. The third kappa shape index (κ3) is 9.23. The summed E-state index contributed by atoms with van der Waals surface area (Å²) in [5.74, 6) is -1.98. The van der Waals surface area contributed by atoms with Crippen LogP contribution in [0.15, 0.2) is 104 Å². The molecule has 12 heteroatoms. The van der Waals surface area contributed by atoms with E-state index in [1.807, 2.05) is 66.9 Å². The van der Waals surface area contributed by atoms with E-state index in [1.54, 1.807) is 29.2 Å². The molecule has 0 fully saturated rings. The van der Waals surface area contributed by atoms with E-state index in [0.29, 0.717) is 25.2 Å². The molecular weight excluding hydrogens is 571 g/mol. The monoisotopic (exact) mass is 604 g/mol. The van der Waals surface area contributed by atoms with Gasteiger partial charge in [-0.05, 0) is 66.1 Å². The number of carboxylic acid groups (broad SMARTS) is 1. The van der Waals surface area contributed by atoms with Crippen molar-refractivity contribution in [1.82, 2.24) is 29.9 Å². The van der Waals surface area contributed by atoms with Gasteiger partial charge in [0.15, 0.2) is 0 Å². The number of ketones is 1. The molecule has 0 amide bonds. The Balaban J connectivity index is 1.20. The highest BCUT2D eigenvalue weighted by Crippen LogP contribution is 2.22. The molecule has 2 aromatic carbocycles. The lowest BCUT2D eigenvalue weighted by molar-refractivity contribution is -0.118. The van der Waals surface area contributed by atoms with Crippen LogP contribution in [0, 0.1) is 0 Å². The summed E-state index contributed by atoms with van der Waals surface area (Å²) in [6, 6.07) is 25.3. The van der Waals surface area contributed by atoms with E-state index in [9.17, 15) is 24.7 Å². The number of carbonyl (C=O) groups is 2. The lowest BCUT2D eigenvalue weighted by Crippen LogP contribution is -2.25. The Bertz CT molecular complexity index is 1660. The molecule has 3 N–H and O–H groups in total. The number of carboxylic acids is 1. The third-order valence-electron chi connectivity index (χ3n) is 7.34. The number of hydrogen-bond donors (Lipinski definition) is 3. The maximum absolute atomic E-state index is 12.9. The van der Waals surface area contributed by atoms with Crippen molar-refractivity contribution >= 4 is 18.9 Å². The van der Waals surface area contributed by atoms with Crippen LogP contribution in [0.2, 0.25) is 5.82 Å². The van der Waals surface area contributed by atoms with Gasteiger partial charge >= 0.3 is 13.1 Å². The van der Waals surface area contributed by atoms with E-state index >= 15 is 0 Å². The van der Waals surface area contributed by atoms with E-state index in [0.717, 1.165) is 28.3 Å². The first kappa shape index (κ1) is 31.4. The summed E-state index contributed by atoms with van der Waals surface area (Å²) in [4.78, 5) is 35.3. The topological polar surface area (TPSA) is 155 Å². The molecule has 3 heterocycles. The number of Topliss-reactive ketones (excluding diaryl/α,β-unsaturated/α-hetero) is 1. The summed E-state index contributed by atoms with van der Waals surface area (Å²) >= 11 is 0. The number of pyridine rings is 2. The molecule has 0 radical (unpaired) electrons. The Morgan fingerprint density at radius 3 is 2.07 bits per heavy atom. The van der Waals surface area contributed by atoms with Crippen molar-refractivity contribution in [3.8, 4) is 5.69 Å². The predicted molar refractivity (Wildman–Crippen MR) is 167 cm³/mol. The number of nitrogens with zero attached hydrogens (tertiary/aromatic N) is 6. The molecule has 3 aromatic heterocycles. The Labute approximate surface area is 261 Å². The maximum atomic E-state index is 12.9. The third-order valence-corrected chi connectivity index (χ3v) is 7.34. The Morgan fingerprint density at radius 2 is 1.47 bits per heavy atom. The number of aromatic nitrogens is 5. The van der Waals surface area contributed by atoms with Crippen LogP contribution in [0.1, 0.15) is 45.0 Å². The molecule has 5 rings (SSSR count). The van der Waals surface area contributed by atoms with Crippen LogP contribution < -0.4 is 0 Å². The number of carbonyl (C=O) groups excluding carboxylic acids is 1. The molecule has 0 bridgehead atoms. The van der Waals surface area contributed by atoms with Gasteiger partial charge in [0.2, 0.25) is 0 Å². The van der Waals surface area contributed by atoms with Crippen LogP contribution in [-0.4, -0.2) is 63.9 Å². The maximum Gasteiger partial charge on any atom is 0.455 e. The summed E-state index contributed by atoms with van der Waals surface area (Å²) in [5.41, 5.74) is 4.96. The molecule has 0 spiro atoms. The van der Waals surface area contributed by atoms with Crippen LogP contribution in [0.3, 0.4) is 0 Å². The Kier molecular flexibility index (Phi) is 10.5. The van der Waals surface area contributed by atoms with Gasteiger partial charge in [0.05, 0.1) is 34.5 Å². The van der Waals surface area contributed by atoms with Gasteiger partial charge in [-0.2, -0.15) is 0 Å². The molecule has 0 saturated carbocycles. The molecule has 0 saturated heterocycles. The molecule has 228 valence electrons. The van der Waals surface area contributed by atoms with E-state index in [1.165, 1.54) is 12.1 Å². The van der Waals surface area contributed by atoms with Crippen molar-refractivity contribution in [3.05, 3.63) is 137 Å². The molecule has 0 aliphatic carbocycles. The first-order chi connectivity index (χ1) is 21.8. The SMILES string of the molecule is O=C(Cc1ccc(-n2cc(CN(Cc3ccccn3)Cc3ccccn3)nn2)cc1)C[C@@H](Cc1cccc(C(=O)O)c1)B(O)O. The van der Waals surface area contributed by atoms with Crippen molar-refractivity contribution < 1.29 is 24.7 Å². The van der Waals surface area contributed by atoms with E-state index in [-0.39, 0.29) is 30.6 Å². The molecule has 45 heavy (non-hydrogen) atoms. The van der Waals surface area contributed by atoms with Gasteiger partial charge in [0.25, 0.3) is 0 Å². The Hall–Kier alpha value is -5.04. The molecule has 5 aromatic rings. The molecule has 0 unspecified atom stereocenters. The van der Waals surface area contributed by atoms with Crippen molar-refractivity contribution in [2.24, 2.45) is 0 Å². The largest absolute Gasteiger partial charge is 0.478 e. The molecule has 11 nitrogen and oxygen atoms in total. The smallest absolute Gasteiger partial charge is 0.455 e. The number of benzene rings is 2. The minimum Gasteiger partial charge on any atom is -0.478 e. The van der Waals surface area contributed by atoms with Gasteiger partial charge in [0.1, 0.15) is 5.78 Å². The van der Waals surface area contributed by atoms with Gasteiger partial charge in [-0.3, -0.25) is 19.7 Å². The average Bonchev–Trinajstić information content (AvgIpc) is 3.50. The number of aromatic carboxylic acids is 1. The highest BCUT2D eigenvalue weighted by atomic mass is 16.4. The molecule has 0 aliphatic rings. The zero-order valence-electron chi connectivity index (χ0n) is 24.6. The second kappa shape index (κ2) is 15.1. The summed E-state index contributed by atoms with van der Waals surface area (Å²) < 4.78 is 1.68. The van der Waals surface area contributed by atoms with Crippen molar-refractivity contribution in [3.63, 3.8) is 0 Å². The molecule has 1 atom stereocenters. The number of rotatable bonds is 15. The van der Waals surface area contributed by atoms with Crippen LogP contribution in [0.5, 0.6) is 0 Å². The highest BCUT2D eigenvalue weighted by Gasteiger charge is 2.26. The Morgan fingerprint density at radius 1 is 0.800 bits per heavy atom. The van der Waals surface area contributed by atoms with Gasteiger partial charge in [0, 0.05) is 50.7 Å². The van der Waals surface area contributed by atoms with Crippen molar-refractivity contribution in [2.45, 2.75) is 44.7 Å². The van der Waals surface area contributed by atoms with Gasteiger partial charge in [-0.15, -0.1) is 5.10 Å². The van der Waals surface area contributed by atoms with Crippen LogP contribution in [0.25, 0.3) is 5.69 Å². The second-order valence-corrected chi connectivity index (χ2v) is 10.9.